The average molecular weight is 277 g/mol. The summed E-state index contributed by atoms with van der Waals surface area (Å²) in [6.45, 7) is 13.9. The molecule has 0 aromatic heterocycles. The van der Waals surface area contributed by atoms with Crippen molar-refractivity contribution in [1.29, 1.82) is 0 Å². The number of rotatable bonds is 9. The molecule has 0 radical (unpaired) electrons. The van der Waals surface area contributed by atoms with Crippen molar-refractivity contribution in [2.75, 3.05) is 13.1 Å². The van der Waals surface area contributed by atoms with E-state index in [9.17, 15) is 0 Å². The molecule has 114 valence electrons. The maximum atomic E-state index is 5.84. The zero-order chi connectivity index (χ0) is 15.0. The first-order valence-corrected chi connectivity index (χ1v) is 7.89. The van der Waals surface area contributed by atoms with Crippen LogP contribution < -0.4 is 5.32 Å². The first kappa shape index (κ1) is 17.2. The highest BCUT2D eigenvalue weighted by molar-refractivity contribution is 5.22. The van der Waals surface area contributed by atoms with E-state index in [1.165, 1.54) is 11.1 Å². The molecule has 1 aromatic rings. The van der Waals surface area contributed by atoms with Crippen LogP contribution in [0.5, 0.6) is 0 Å². The van der Waals surface area contributed by atoms with Crippen molar-refractivity contribution >= 4 is 0 Å². The normalized spacial score (nSPS) is 13.2. The van der Waals surface area contributed by atoms with E-state index in [0.717, 1.165) is 25.4 Å². The summed E-state index contributed by atoms with van der Waals surface area (Å²) in [7, 11) is 0. The predicted molar refractivity (Wildman–Crippen MR) is 86.9 cm³/mol. The maximum Gasteiger partial charge on any atom is 0.0720 e. The molecule has 0 heterocycles. The lowest BCUT2D eigenvalue weighted by Gasteiger charge is -2.16. The molecule has 1 aromatic carbocycles. The number of ether oxygens (including phenoxy) is 1. The monoisotopic (exact) mass is 277 g/mol. The highest BCUT2D eigenvalue weighted by Gasteiger charge is 2.07. The van der Waals surface area contributed by atoms with Crippen LogP contribution in [0.15, 0.2) is 24.3 Å². The molecular formula is C18H31NO. The second-order valence-corrected chi connectivity index (χ2v) is 6.42. The van der Waals surface area contributed by atoms with Gasteiger partial charge in [0.2, 0.25) is 0 Å². The highest BCUT2D eigenvalue weighted by Crippen LogP contribution is 2.11. The van der Waals surface area contributed by atoms with Crippen molar-refractivity contribution in [2.45, 2.75) is 53.8 Å². The van der Waals surface area contributed by atoms with Crippen LogP contribution >= 0.6 is 0 Å². The van der Waals surface area contributed by atoms with Crippen LogP contribution in [-0.2, 0) is 17.8 Å². The third kappa shape index (κ3) is 7.06. The largest absolute Gasteiger partial charge is 0.374 e. The molecular weight excluding hydrogens is 246 g/mol. The average Bonchev–Trinajstić information content (AvgIpc) is 2.42. The summed E-state index contributed by atoms with van der Waals surface area (Å²) in [6, 6.07) is 8.81. The predicted octanol–water partition coefficient (Wildman–Crippen LogP) is 4.04. The Kier molecular flexibility index (Phi) is 7.86. The van der Waals surface area contributed by atoms with Gasteiger partial charge in [-0.05, 0) is 49.4 Å². The Morgan fingerprint density at radius 1 is 0.950 bits per heavy atom. The summed E-state index contributed by atoms with van der Waals surface area (Å²) in [5, 5.41) is 3.48. The summed E-state index contributed by atoms with van der Waals surface area (Å²) in [6.07, 6.45) is 1.41. The Bertz CT molecular complexity index is 356. The van der Waals surface area contributed by atoms with Crippen molar-refractivity contribution in [2.24, 2.45) is 11.8 Å². The molecule has 2 nitrogen and oxygen atoms in total. The minimum atomic E-state index is 0.315. The molecule has 0 aliphatic carbocycles. The molecule has 2 heteroatoms. The maximum absolute atomic E-state index is 5.84. The fourth-order valence-corrected chi connectivity index (χ4v) is 1.85. The molecule has 0 aliphatic heterocycles. The topological polar surface area (TPSA) is 21.3 Å². The first-order valence-electron chi connectivity index (χ1n) is 7.89. The van der Waals surface area contributed by atoms with E-state index in [0.29, 0.717) is 18.6 Å². The minimum Gasteiger partial charge on any atom is -0.374 e. The van der Waals surface area contributed by atoms with E-state index >= 15 is 0 Å². The van der Waals surface area contributed by atoms with Gasteiger partial charge in [0, 0.05) is 0 Å². The van der Waals surface area contributed by atoms with E-state index in [-0.39, 0.29) is 0 Å². The van der Waals surface area contributed by atoms with Crippen LogP contribution in [0.1, 0.15) is 45.7 Å². The van der Waals surface area contributed by atoms with Gasteiger partial charge in [0.15, 0.2) is 0 Å². The quantitative estimate of drug-likeness (QED) is 0.688. The van der Waals surface area contributed by atoms with Crippen LogP contribution in [0, 0.1) is 11.8 Å². The first-order chi connectivity index (χ1) is 9.49. The van der Waals surface area contributed by atoms with Crippen LogP contribution in [-0.4, -0.2) is 19.2 Å². The van der Waals surface area contributed by atoms with Gasteiger partial charge in [0.05, 0.1) is 12.7 Å². The fraction of sp³-hybridized carbons (Fsp3) is 0.667. The summed E-state index contributed by atoms with van der Waals surface area (Å²) in [5.41, 5.74) is 2.65. The second-order valence-electron chi connectivity index (χ2n) is 6.42. The van der Waals surface area contributed by atoms with Gasteiger partial charge in [0.1, 0.15) is 0 Å². The van der Waals surface area contributed by atoms with Gasteiger partial charge in [-0.1, -0.05) is 52.0 Å². The zero-order valence-corrected chi connectivity index (χ0v) is 13.8. The summed E-state index contributed by atoms with van der Waals surface area (Å²) in [4.78, 5) is 0. The van der Waals surface area contributed by atoms with Crippen LogP contribution in [0.25, 0.3) is 0 Å². The molecule has 0 bridgehead atoms. The van der Waals surface area contributed by atoms with E-state index in [1.54, 1.807) is 0 Å². The fourth-order valence-electron chi connectivity index (χ4n) is 1.85. The summed E-state index contributed by atoms with van der Waals surface area (Å²) < 4.78 is 5.84. The van der Waals surface area contributed by atoms with E-state index in [4.69, 9.17) is 4.74 Å². The zero-order valence-electron chi connectivity index (χ0n) is 13.8. The molecule has 0 saturated carbocycles. The van der Waals surface area contributed by atoms with Gasteiger partial charge in [0.25, 0.3) is 0 Å². The van der Waals surface area contributed by atoms with Crippen molar-refractivity contribution in [3.8, 4) is 0 Å². The Labute approximate surface area is 124 Å². The highest BCUT2D eigenvalue weighted by atomic mass is 16.5. The van der Waals surface area contributed by atoms with Crippen LogP contribution in [0.3, 0.4) is 0 Å². The van der Waals surface area contributed by atoms with Gasteiger partial charge >= 0.3 is 0 Å². The van der Waals surface area contributed by atoms with Crippen LogP contribution in [0.2, 0.25) is 0 Å². The molecule has 0 amide bonds. The smallest absolute Gasteiger partial charge is 0.0720 e. The molecule has 0 spiro atoms. The van der Waals surface area contributed by atoms with Gasteiger partial charge in [-0.25, -0.2) is 0 Å². The lowest BCUT2D eigenvalue weighted by Crippen LogP contribution is -2.22. The summed E-state index contributed by atoms with van der Waals surface area (Å²) >= 11 is 0. The SMILES string of the molecule is CC(C)CNCCc1ccc(COC(C)C(C)C)cc1. The van der Waals surface area contributed by atoms with Crippen molar-refractivity contribution in [3.05, 3.63) is 35.4 Å². The molecule has 0 fully saturated rings. The molecule has 0 saturated heterocycles. The third-order valence-corrected chi connectivity index (χ3v) is 3.62. The van der Waals surface area contributed by atoms with Crippen molar-refractivity contribution in [3.63, 3.8) is 0 Å². The van der Waals surface area contributed by atoms with Crippen molar-refractivity contribution < 1.29 is 4.74 Å². The Morgan fingerprint density at radius 2 is 1.55 bits per heavy atom. The number of hydrogen-bond donors (Lipinski definition) is 1. The lowest BCUT2D eigenvalue weighted by atomic mass is 10.1. The van der Waals surface area contributed by atoms with E-state index in [2.05, 4.69) is 64.2 Å². The van der Waals surface area contributed by atoms with Gasteiger partial charge < -0.3 is 10.1 Å². The standard InChI is InChI=1S/C18H31NO/c1-14(2)12-19-11-10-17-6-8-18(9-7-17)13-20-16(5)15(3)4/h6-9,14-16,19H,10-13H2,1-5H3. The van der Waals surface area contributed by atoms with Gasteiger partial charge in [-0.3, -0.25) is 0 Å². The van der Waals surface area contributed by atoms with Crippen LogP contribution in [0.4, 0.5) is 0 Å². The number of benzene rings is 1. The number of hydrogen-bond acceptors (Lipinski definition) is 2. The molecule has 1 N–H and O–H groups in total. The van der Waals surface area contributed by atoms with Gasteiger partial charge in [-0.2, -0.15) is 0 Å². The lowest BCUT2D eigenvalue weighted by molar-refractivity contribution is 0.0235. The molecule has 1 rings (SSSR count). The van der Waals surface area contributed by atoms with Crippen molar-refractivity contribution in [1.82, 2.24) is 5.32 Å². The third-order valence-electron chi connectivity index (χ3n) is 3.62. The molecule has 20 heavy (non-hydrogen) atoms. The van der Waals surface area contributed by atoms with E-state index < -0.39 is 0 Å². The Hall–Kier alpha value is -0.860. The minimum absolute atomic E-state index is 0.315. The van der Waals surface area contributed by atoms with Gasteiger partial charge in [-0.15, -0.1) is 0 Å². The van der Waals surface area contributed by atoms with E-state index in [1.807, 2.05) is 0 Å². The second kappa shape index (κ2) is 9.15. The summed E-state index contributed by atoms with van der Waals surface area (Å²) in [5.74, 6) is 1.29. The molecule has 1 unspecified atom stereocenters. The Balaban J connectivity index is 2.29. The Morgan fingerprint density at radius 3 is 2.10 bits per heavy atom. The molecule has 1 atom stereocenters. The molecule has 0 aliphatic rings. The number of nitrogens with one attached hydrogen (secondary N) is 1.